The Labute approximate surface area is 165 Å². The molecule has 2 aromatic rings. The first-order chi connectivity index (χ1) is 13.4. The van der Waals surface area contributed by atoms with Crippen LogP contribution in [0, 0.1) is 6.92 Å². The second kappa shape index (κ2) is 10.3. The average molecular weight is 382 g/mol. The highest BCUT2D eigenvalue weighted by Crippen LogP contribution is 2.15. The van der Waals surface area contributed by atoms with Gasteiger partial charge in [0.1, 0.15) is 5.75 Å². The number of aryl methyl sites for hydroxylation is 1. The second-order valence-electron chi connectivity index (χ2n) is 6.55. The van der Waals surface area contributed by atoms with Gasteiger partial charge in [-0.3, -0.25) is 14.4 Å². The average Bonchev–Trinajstić information content (AvgIpc) is 2.67. The second-order valence-corrected chi connectivity index (χ2v) is 6.55. The van der Waals surface area contributed by atoms with Crippen LogP contribution >= 0.6 is 0 Å². The van der Waals surface area contributed by atoms with Crippen LogP contribution in [-0.4, -0.2) is 42.2 Å². The summed E-state index contributed by atoms with van der Waals surface area (Å²) in [7, 11) is 0. The topological polar surface area (TPSA) is 75.7 Å². The SMILES string of the molecule is CCCN(CC(=O)Nc1ccccc1C)C(=O)COc1cccc(C(C)=O)c1. The molecule has 148 valence electrons. The summed E-state index contributed by atoms with van der Waals surface area (Å²) in [6, 6.07) is 14.2. The highest BCUT2D eigenvalue weighted by atomic mass is 16.5. The summed E-state index contributed by atoms with van der Waals surface area (Å²) in [5, 5.41) is 2.84. The lowest BCUT2D eigenvalue weighted by Gasteiger charge is -2.22. The van der Waals surface area contributed by atoms with Gasteiger partial charge in [-0.25, -0.2) is 0 Å². The maximum Gasteiger partial charge on any atom is 0.260 e. The Morgan fingerprint density at radius 1 is 1.07 bits per heavy atom. The van der Waals surface area contributed by atoms with Gasteiger partial charge in [0.15, 0.2) is 12.4 Å². The fraction of sp³-hybridized carbons (Fsp3) is 0.318. The Morgan fingerprint density at radius 3 is 2.50 bits per heavy atom. The van der Waals surface area contributed by atoms with Gasteiger partial charge < -0.3 is 15.0 Å². The van der Waals surface area contributed by atoms with E-state index in [4.69, 9.17) is 4.74 Å². The minimum Gasteiger partial charge on any atom is -0.484 e. The van der Waals surface area contributed by atoms with Crippen LogP contribution in [0.15, 0.2) is 48.5 Å². The number of ether oxygens (including phenoxy) is 1. The Balaban J connectivity index is 1.95. The summed E-state index contributed by atoms with van der Waals surface area (Å²) < 4.78 is 5.53. The quantitative estimate of drug-likeness (QED) is 0.674. The van der Waals surface area contributed by atoms with Gasteiger partial charge in [0.25, 0.3) is 5.91 Å². The van der Waals surface area contributed by atoms with E-state index in [2.05, 4.69) is 5.32 Å². The number of para-hydroxylation sites is 1. The molecule has 0 bridgehead atoms. The third kappa shape index (κ3) is 6.23. The molecule has 0 atom stereocenters. The van der Waals surface area contributed by atoms with Gasteiger partial charge in [-0.1, -0.05) is 37.3 Å². The zero-order chi connectivity index (χ0) is 20.5. The van der Waals surface area contributed by atoms with Gasteiger partial charge >= 0.3 is 0 Å². The van der Waals surface area contributed by atoms with Crippen LogP contribution in [-0.2, 0) is 9.59 Å². The molecule has 0 spiro atoms. The van der Waals surface area contributed by atoms with Crippen LogP contribution in [0.4, 0.5) is 5.69 Å². The number of carbonyl (C=O) groups excluding carboxylic acids is 3. The first-order valence-electron chi connectivity index (χ1n) is 9.27. The molecule has 6 heteroatoms. The number of amides is 2. The molecule has 0 heterocycles. The van der Waals surface area contributed by atoms with E-state index in [0.717, 1.165) is 17.7 Å². The Morgan fingerprint density at radius 2 is 1.82 bits per heavy atom. The number of Topliss-reactive ketones (excluding diaryl/α,β-unsaturated/α-hetero) is 1. The fourth-order valence-corrected chi connectivity index (χ4v) is 2.68. The zero-order valence-corrected chi connectivity index (χ0v) is 16.5. The van der Waals surface area contributed by atoms with Gasteiger partial charge in [-0.15, -0.1) is 0 Å². The molecule has 0 radical (unpaired) electrons. The van der Waals surface area contributed by atoms with E-state index in [-0.39, 0.29) is 30.7 Å². The molecule has 0 aliphatic carbocycles. The van der Waals surface area contributed by atoms with Gasteiger partial charge in [0, 0.05) is 17.8 Å². The van der Waals surface area contributed by atoms with Crippen molar-refractivity contribution >= 4 is 23.3 Å². The molecule has 0 saturated carbocycles. The molecule has 2 rings (SSSR count). The number of hydrogen-bond acceptors (Lipinski definition) is 4. The number of rotatable bonds is 9. The van der Waals surface area contributed by atoms with Crippen molar-refractivity contribution in [2.24, 2.45) is 0 Å². The van der Waals surface area contributed by atoms with Crippen LogP contribution in [0.2, 0.25) is 0 Å². The van der Waals surface area contributed by atoms with Crippen molar-refractivity contribution in [3.05, 3.63) is 59.7 Å². The molecule has 0 fully saturated rings. The number of nitrogens with zero attached hydrogens (tertiary/aromatic N) is 1. The standard InChI is InChI=1S/C22H26N2O4/c1-4-12-24(14-21(26)23-20-11-6-5-8-16(20)2)22(27)15-28-19-10-7-9-18(13-19)17(3)25/h5-11,13H,4,12,14-15H2,1-3H3,(H,23,26). The predicted molar refractivity (Wildman–Crippen MR) is 109 cm³/mol. The summed E-state index contributed by atoms with van der Waals surface area (Å²) in [5.74, 6) is -0.163. The molecular weight excluding hydrogens is 356 g/mol. The minimum absolute atomic E-state index is 0.0438. The highest BCUT2D eigenvalue weighted by Gasteiger charge is 2.17. The van der Waals surface area contributed by atoms with Gasteiger partial charge in [0.2, 0.25) is 5.91 Å². The van der Waals surface area contributed by atoms with E-state index in [1.807, 2.05) is 38.1 Å². The maximum absolute atomic E-state index is 12.5. The lowest BCUT2D eigenvalue weighted by molar-refractivity contribution is -0.136. The third-order valence-corrected chi connectivity index (χ3v) is 4.20. The molecule has 2 aromatic carbocycles. The molecule has 0 aliphatic rings. The van der Waals surface area contributed by atoms with Crippen LogP contribution in [0.25, 0.3) is 0 Å². The smallest absolute Gasteiger partial charge is 0.260 e. The highest BCUT2D eigenvalue weighted by molar-refractivity contribution is 5.95. The van der Waals surface area contributed by atoms with Gasteiger partial charge in [-0.2, -0.15) is 0 Å². The van der Waals surface area contributed by atoms with Gasteiger partial charge in [-0.05, 0) is 44.0 Å². The first kappa shape index (κ1) is 21.2. The van der Waals surface area contributed by atoms with Crippen molar-refractivity contribution in [3.63, 3.8) is 0 Å². The molecule has 2 amide bonds. The minimum atomic E-state index is -0.282. The number of benzene rings is 2. The monoisotopic (exact) mass is 382 g/mol. The van der Waals surface area contributed by atoms with Crippen LogP contribution in [0.1, 0.15) is 36.2 Å². The van der Waals surface area contributed by atoms with Crippen molar-refractivity contribution in [2.45, 2.75) is 27.2 Å². The Kier molecular flexibility index (Phi) is 7.75. The summed E-state index contributed by atoms with van der Waals surface area (Å²) in [6.07, 6.45) is 0.725. The lowest BCUT2D eigenvalue weighted by atomic mass is 10.1. The number of carbonyl (C=O) groups is 3. The van der Waals surface area contributed by atoms with E-state index < -0.39 is 0 Å². The van der Waals surface area contributed by atoms with E-state index in [9.17, 15) is 14.4 Å². The number of nitrogens with one attached hydrogen (secondary N) is 1. The van der Waals surface area contributed by atoms with Crippen molar-refractivity contribution < 1.29 is 19.1 Å². The van der Waals surface area contributed by atoms with E-state index in [1.54, 1.807) is 24.3 Å². The van der Waals surface area contributed by atoms with Crippen molar-refractivity contribution in [2.75, 3.05) is 25.0 Å². The summed E-state index contributed by atoms with van der Waals surface area (Å²) in [4.78, 5) is 37.8. The maximum atomic E-state index is 12.5. The van der Waals surface area contributed by atoms with Crippen molar-refractivity contribution in [1.82, 2.24) is 4.90 Å². The molecule has 0 aromatic heterocycles. The summed E-state index contributed by atoms with van der Waals surface area (Å²) in [5.41, 5.74) is 2.21. The van der Waals surface area contributed by atoms with E-state index in [1.165, 1.54) is 11.8 Å². The predicted octanol–water partition coefficient (Wildman–Crippen LogP) is 3.45. The number of ketones is 1. The van der Waals surface area contributed by atoms with Crippen LogP contribution in [0.3, 0.4) is 0 Å². The van der Waals surface area contributed by atoms with Crippen molar-refractivity contribution in [3.8, 4) is 5.75 Å². The van der Waals surface area contributed by atoms with Gasteiger partial charge in [0.05, 0.1) is 6.54 Å². The summed E-state index contributed by atoms with van der Waals surface area (Å²) in [6.45, 7) is 5.54. The zero-order valence-electron chi connectivity index (χ0n) is 16.5. The van der Waals surface area contributed by atoms with E-state index in [0.29, 0.717) is 17.9 Å². The molecule has 0 aliphatic heterocycles. The van der Waals surface area contributed by atoms with Crippen LogP contribution in [0.5, 0.6) is 5.75 Å². The molecule has 6 nitrogen and oxygen atoms in total. The Bertz CT molecular complexity index is 848. The molecule has 1 N–H and O–H groups in total. The fourth-order valence-electron chi connectivity index (χ4n) is 2.68. The third-order valence-electron chi connectivity index (χ3n) is 4.20. The number of anilines is 1. The Hall–Kier alpha value is -3.15. The van der Waals surface area contributed by atoms with Crippen LogP contribution < -0.4 is 10.1 Å². The molecular formula is C22H26N2O4. The van der Waals surface area contributed by atoms with Crippen molar-refractivity contribution in [1.29, 1.82) is 0 Å². The lowest BCUT2D eigenvalue weighted by Crippen LogP contribution is -2.41. The summed E-state index contributed by atoms with van der Waals surface area (Å²) >= 11 is 0. The van der Waals surface area contributed by atoms with E-state index >= 15 is 0 Å². The number of hydrogen-bond donors (Lipinski definition) is 1. The normalized spacial score (nSPS) is 10.2. The largest absolute Gasteiger partial charge is 0.484 e. The first-order valence-corrected chi connectivity index (χ1v) is 9.27. The molecule has 0 unspecified atom stereocenters. The molecule has 28 heavy (non-hydrogen) atoms. The molecule has 0 saturated heterocycles.